The quantitative estimate of drug-likeness (QED) is 0.830. The van der Waals surface area contributed by atoms with Crippen LogP contribution in [0, 0.1) is 0 Å². The van der Waals surface area contributed by atoms with Gasteiger partial charge in [-0.05, 0) is 25.1 Å². The van der Waals surface area contributed by atoms with Gasteiger partial charge >= 0.3 is 5.97 Å². The van der Waals surface area contributed by atoms with Crippen LogP contribution in [0.2, 0.25) is 0 Å². The minimum atomic E-state index is -1.14. The Bertz CT molecular complexity index is 725. The number of nitrogens with zero attached hydrogens (tertiary/aromatic N) is 1. The minimum absolute atomic E-state index is 0.0297. The Morgan fingerprint density at radius 3 is 2.61 bits per heavy atom. The summed E-state index contributed by atoms with van der Waals surface area (Å²) in [6.45, 7) is 1.35. The van der Waals surface area contributed by atoms with Crippen molar-refractivity contribution >= 4 is 11.9 Å². The van der Waals surface area contributed by atoms with E-state index in [4.69, 9.17) is 19.1 Å². The summed E-state index contributed by atoms with van der Waals surface area (Å²) in [5.41, 5.74) is 0.530. The lowest BCUT2D eigenvalue weighted by Crippen LogP contribution is -2.38. The molecule has 0 fully saturated rings. The highest BCUT2D eigenvalue weighted by atomic mass is 16.5. The summed E-state index contributed by atoms with van der Waals surface area (Å²) >= 11 is 0. The first-order valence-corrected chi connectivity index (χ1v) is 6.69. The highest BCUT2D eigenvalue weighted by Gasteiger charge is 2.20. The van der Waals surface area contributed by atoms with Gasteiger partial charge in [0.1, 0.15) is 17.5 Å². The first kappa shape index (κ1) is 16.3. The Kier molecular flexibility index (Phi) is 4.85. The summed E-state index contributed by atoms with van der Waals surface area (Å²) in [5.74, 6) is -0.377. The van der Waals surface area contributed by atoms with Crippen LogP contribution >= 0.6 is 0 Å². The number of hydrogen-bond donors (Lipinski definition) is 2. The molecule has 1 heterocycles. The number of carbonyl (C=O) groups is 2. The fourth-order valence-corrected chi connectivity index (χ4v) is 1.85. The van der Waals surface area contributed by atoms with Gasteiger partial charge in [0.2, 0.25) is 0 Å². The third-order valence-electron chi connectivity index (χ3n) is 3.13. The number of carbonyl (C=O) groups excluding carboxylic acids is 1. The van der Waals surface area contributed by atoms with Crippen LogP contribution in [-0.4, -0.2) is 42.4 Å². The van der Waals surface area contributed by atoms with E-state index >= 15 is 0 Å². The van der Waals surface area contributed by atoms with E-state index in [0.29, 0.717) is 22.8 Å². The molecule has 0 saturated heterocycles. The molecule has 1 amide bonds. The molecule has 1 atom stereocenters. The van der Waals surface area contributed by atoms with Gasteiger partial charge < -0.3 is 24.4 Å². The van der Waals surface area contributed by atoms with Crippen LogP contribution in [0.25, 0.3) is 11.3 Å². The standard InChI is InChI=1S/C15H16N2O6/c1-8(15(19)20)16-14(18)11-7-13(23-17-11)10-6-9(21-2)4-5-12(10)22-3/h4-8H,1-3H3,(H,16,18)(H,19,20)/t8-/m1/s1. The molecule has 2 rings (SSSR count). The Hall–Kier alpha value is -3.03. The zero-order valence-electron chi connectivity index (χ0n) is 12.8. The maximum atomic E-state index is 11.9. The van der Waals surface area contributed by atoms with Crippen LogP contribution in [0.4, 0.5) is 0 Å². The number of aliphatic carboxylic acids is 1. The summed E-state index contributed by atoms with van der Waals surface area (Å²) in [6, 6.07) is 5.47. The molecule has 0 unspecified atom stereocenters. The van der Waals surface area contributed by atoms with Crippen LogP contribution < -0.4 is 14.8 Å². The van der Waals surface area contributed by atoms with Crippen molar-refractivity contribution in [1.82, 2.24) is 10.5 Å². The van der Waals surface area contributed by atoms with E-state index < -0.39 is 17.9 Å². The van der Waals surface area contributed by atoms with Crippen molar-refractivity contribution in [3.05, 3.63) is 30.0 Å². The first-order chi connectivity index (χ1) is 11.0. The molecule has 1 aromatic heterocycles. The van der Waals surface area contributed by atoms with Crippen LogP contribution in [-0.2, 0) is 4.79 Å². The SMILES string of the molecule is COc1ccc(OC)c(-c2cc(C(=O)N[C@H](C)C(=O)O)no2)c1. The maximum Gasteiger partial charge on any atom is 0.325 e. The highest BCUT2D eigenvalue weighted by molar-refractivity contribution is 5.95. The van der Waals surface area contributed by atoms with E-state index in [-0.39, 0.29) is 5.69 Å². The lowest BCUT2D eigenvalue weighted by atomic mass is 10.1. The van der Waals surface area contributed by atoms with Gasteiger partial charge in [-0.3, -0.25) is 9.59 Å². The van der Waals surface area contributed by atoms with Gasteiger partial charge in [-0.15, -0.1) is 0 Å². The van der Waals surface area contributed by atoms with Crippen LogP contribution in [0.1, 0.15) is 17.4 Å². The second kappa shape index (κ2) is 6.82. The predicted molar refractivity (Wildman–Crippen MR) is 79.6 cm³/mol. The lowest BCUT2D eigenvalue weighted by molar-refractivity contribution is -0.138. The number of amides is 1. The Labute approximate surface area is 132 Å². The molecule has 23 heavy (non-hydrogen) atoms. The van der Waals surface area contributed by atoms with E-state index in [1.165, 1.54) is 27.2 Å². The third-order valence-corrected chi connectivity index (χ3v) is 3.13. The third kappa shape index (κ3) is 3.60. The van der Waals surface area contributed by atoms with Gasteiger partial charge in [-0.25, -0.2) is 0 Å². The zero-order chi connectivity index (χ0) is 17.0. The lowest BCUT2D eigenvalue weighted by Gasteiger charge is -2.07. The topological polar surface area (TPSA) is 111 Å². The first-order valence-electron chi connectivity index (χ1n) is 6.69. The van der Waals surface area contributed by atoms with Crippen molar-refractivity contribution in [3.8, 4) is 22.8 Å². The summed E-state index contributed by atoms with van der Waals surface area (Å²) in [5, 5.41) is 14.8. The maximum absolute atomic E-state index is 11.9. The van der Waals surface area contributed by atoms with E-state index in [1.807, 2.05) is 0 Å². The van der Waals surface area contributed by atoms with E-state index in [2.05, 4.69) is 10.5 Å². The zero-order valence-corrected chi connectivity index (χ0v) is 12.8. The second-order valence-electron chi connectivity index (χ2n) is 4.68. The van der Waals surface area contributed by atoms with Crippen LogP contribution in [0.3, 0.4) is 0 Å². The van der Waals surface area contributed by atoms with Gasteiger partial charge in [0.15, 0.2) is 11.5 Å². The molecule has 0 aliphatic rings. The largest absolute Gasteiger partial charge is 0.497 e. The molecule has 2 N–H and O–H groups in total. The van der Waals surface area contributed by atoms with Crippen LogP contribution in [0.5, 0.6) is 11.5 Å². The fraction of sp³-hybridized carbons (Fsp3) is 0.267. The molecule has 0 bridgehead atoms. The molecular formula is C15H16N2O6. The molecule has 0 aliphatic heterocycles. The molecule has 0 radical (unpaired) electrons. The second-order valence-corrected chi connectivity index (χ2v) is 4.68. The van der Waals surface area contributed by atoms with E-state index in [1.54, 1.807) is 18.2 Å². The Morgan fingerprint density at radius 2 is 2.00 bits per heavy atom. The van der Waals surface area contributed by atoms with Crippen molar-refractivity contribution in [2.75, 3.05) is 14.2 Å². The Balaban J connectivity index is 2.28. The number of benzene rings is 1. The van der Waals surface area contributed by atoms with E-state index in [9.17, 15) is 9.59 Å². The Morgan fingerprint density at radius 1 is 1.26 bits per heavy atom. The number of carboxylic acids is 1. The molecule has 0 spiro atoms. The molecule has 0 aliphatic carbocycles. The number of aromatic nitrogens is 1. The van der Waals surface area contributed by atoms with Crippen LogP contribution in [0.15, 0.2) is 28.8 Å². The number of hydrogen-bond acceptors (Lipinski definition) is 6. The van der Waals surface area contributed by atoms with Gasteiger partial charge in [-0.1, -0.05) is 5.16 Å². The summed E-state index contributed by atoms with van der Waals surface area (Å²) in [6.07, 6.45) is 0. The van der Waals surface area contributed by atoms with Gasteiger partial charge in [0.25, 0.3) is 5.91 Å². The van der Waals surface area contributed by atoms with Crippen molar-refractivity contribution in [1.29, 1.82) is 0 Å². The number of carboxylic acid groups (broad SMARTS) is 1. The molecule has 0 saturated carbocycles. The summed E-state index contributed by atoms with van der Waals surface area (Å²) in [4.78, 5) is 22.7. The smallest absolute Gasteiger partial charge is 0.325 e. The van der Waals surface area contributed by atoms with Crippen molar-refractivity contribution in [2.24, 2.45) is 0 Å². The number of methoxy groups -OCH3 is 2. The van der Waals surface area contributed by atoms with Crippen molar-refractivity contribution in [3.63, 3.8) is 0 Å². The van der Waals surface area contributed by atoms with Gasteiger partial charge in [0, 0.05) is 6.07 Å². The van der Waals surface area contributed by atoms with Gasteiger partial charge in [-0.2, -0.15) is 0 Å². The normalized spacial score (nSPS) is 11.6. The molecule has 2 aromatic rings. The van der Waals surface area contributed by atoms with E-state index in [0.717, 1.165) is 0 Å². The number of ether oxygens (including phenoxy) is 2. The molecule has 122 valence electrons. The predicted octanol–water partition coefficient (Wildman–Crippen LogP) is 1.56. The summed E-state index contributed by atoms with van der Waals surface area (Å²) < 4.78 is 15.6. The van der Waals surface area contributed by atoms with Crippen molar-refractivity contribution < 1.29 is 28.7 Å². The van der Waals surface area contributed by atoms with Crippen molar-refractivity contribution in [2.45, 2.75) is 13.0 Å². The van der Waals surface area contributed by atoms with Gasteiger partial charge in [0.05, 0.1) is 19.8 Å². The average molecular weight is 320 g/mol. The molecule has 1 aromatic carbocycles. The average Bonchev–Trinajstić information content (AvgIpc) is 3.03. The number of rotatable bonds is 6. The summed E-state index contributed by atoms with van der Waals surface area (Å²) in [7, 11) is 3.03. The molecule has 8 heteroatoms. The molecule has 8 nitrogen and oxygen atoms in total. The highest BCUT2D eigenvalue weighted by Crippen LogP contribution is 2.33. The monoisotopic (exact) mass is 320 g/mol. The molecular weight excluding hydrogens is 304 g/mol. The fourth-order valence-electron chi connectivity index (χ4n) is 1.85. The minimum Gasteiger partial charge on any atom is -0.497 e. The number of nitrogens with one attached hydrogen (secondary N) is 1.